The Hall–Kier alpha value is -2.67. The number of ether oxygens (including phenoxy) is 1. The Morgan fingerprint density at radius 3 is 2.77 bits per heavy atom. The summed E-state index contributed by atoms with van der Waals surface area (Å²) >= 11 is 6.77. The van der Waals surface area contributed by atoms with Gasteiger partial charge in [-0.05, 0) is 57.1 Å². The number of nitrogens with one attached hydrogen (secondary N) is 2. The smallest absolute Gasteiger partial charge is 0.217 e. The lowest BCUT2D eigenvalue weighted by Crippen LogP contribution is -2.28. The van der Waals surface area contributed by atoms with E-state index < -0.39 is 0 Å². The highest BCUT2D eigenvalue weighted by atomic mass is 35.5. The Morgan fingerprint density at radius 1 is 1.13 bits per heavy atom. The second-order valence-corrected chi connectivity index (χ2v) is 8.55. The molecule has 0 atom stereocenters. The van der Waals surface area contributed by atoms with Crippen molar-refractivity contribution in [3.63, 3.8) is 0 Å². The maximum Gasteiger partial charge on any atom is 0.217 e. The number of aryl methyl sites for hydroxylation is 2. The Morgan fingerprint density at radius 2 is 1.97 bits per heavy atom. The molecule has 7 nitrogen and oxygen atoms in total. The summed E-state index contributed by atoms with van der Waals surface area (Å²) in [5, 5.41) is 14.7. The van der Waals surface area contributed by atoms with Gasteiger partial charge in [0, 0.05) is 28.9 Å². The lowest BCUT2D eigenvalue weighted by molar-refractivity contribution is 0.136. The maximum absolute atomic E-state index is 6.77. The molecule has 0 unspecified atom stereocenters. The quantitative estimate of drug-likeness (QED) is 0.789. The maximum atomic E-state index is 6.77. The molecular formula is C22H25ClN6O. The molecule has 4 heterocycles. The summed E-state index contributed by atoms with van der Waals surface area (Å²) < 4.78 is 6.18. The zero-order chi connectivity index (χ0) is 20.7. The van der Waals surface area contributed by atoms with E-state index in [4.69, 9.17) is 16.3 Å². The Labute approximate surface area is 180 Å². The number of aromatic nitrogens is 3. The molecule has 2 aliphatic heterocycles. The minimum absolute atomic E-state index is 0.171. The van der Waals surface area contributed by atoms with E-state index in [-0.39, 0.29) is 6.10 Å². The molecule has 1 aliphatic carbocycles. The van der Waals surface area contributed by atoms with Gasteiger partial charge < -0.3 is 15.0 Å². The van der Waals surface area contributed by atoms with Crippen LogP contribution in [0.15, 0.2) is 27.4 Å². The van der Waals surface area contributed by atoms with Crippen LogP contribution in [0, 0.1) is 19.8 Å². The molecule has 2 N–H and O–H groups in total. The molecule has 5 rings (SSSR count). The highest BCUT2D eigenvalue weighted by molar-refractivity contribution is 6.36. The number of rotatable bonds is 3. The molecule has 0 bridgehead atoms. The van der Waals surface area contributed by atoms with Crippen LogP contribution in [0.5, 0.6) is 5.88 Å². The second-order valence-electron chi connectivity index (χ2n) is 8.14. The number of aromatic amines is 1. The number of halogens is 1. The molecular weight excluding hydrogens is 400 g/mol. The van der Waals surface area contributed by atoms with E-state index in [0.29, 0.717) is 24.9 Å². The third kappa shape index (κ3) is 3.62. The van der Waals surface area contributed by atoms with Crippen LogP contribution < -0.4 is 20.8 Å². The fourth-order valence-electron chi connectivity index (χ4n) is 4.69. The molecule has 1 fully saturated rings. The van der Waals surface area contributed by atoms with E-state index in [1.54, 1.807) is 6.20 Å². The number of hydrogen-bond acceptors (Lipinski definition) is 6. The first-order valence-corrected chi connectivity index (χ1v) is 10.9. The highest BCUT2D eigenvalue weighted by Gasteiger charge is 2.29. The number of anilines is 1. The molecule has 30 heavy (non-hydrogen) atoms. The standard InChI is InChI=1S/C22H25ClN6O/c1-12-9-19(28-13(2)27-12)30-15-5-3-14(4-6-15)20-17(23)7-8-24-21-16-10-25-26-11-18(16)29-22(20)21/h7,9,11,14-15,24,29H,3-6,8,10H2,1-2H3/t14-,15-. The summed E-state index contributed by atoms with van der Waals surface area (Å²) in [6.45, 7) is 5.16. The summed E-state index contributed by atoms with van der Waals surface area (Å²) in [5.41, 5.74) is 4.42. The molecule has 1 saturated carbocycles. The predicted molar refractivity (Wildman–Crippen MR) is 117 cm³/mol. The van der Waals surface area contributed by atoms with E-state index in [9.17, 15) is 0 Å². The molecule has 3 aliphatic rings. The van der Waals surface area contributed by atoms with Crippen LogP contribution in [0.2, 0.25) is 0 Å². The topological polar surface area (TPSA) is 87.5 Å². The lowest BCUT2D eigenvalue weighted by Gasteiger charge is -2.30. The van der Waals surface area contributed by atoms with Gasteiger partial charge in [0.25, 0.3) is 0 Å². The van der Waals surface area contributed by atoms with Gasteiger partial charge in [-0.25, -0.2) is 4.98 Å². The van der Waals surface area contributed by atoms with Crippen molar-refractivity contribution in [2.24, 2.45) is 16.1 Å². The van der Waals surface area contributed by atoms with Crippen molar-refractivity contribution in [2.75, 3.05) is 11.9 Å². The number of fused-ring (bicyclic) bond motifs is 3. The third-order valence-electron chi connectivity index (χ3n) is 6.03. The fourth-order valence-corrected chi connectivity index (χ4v) is 5.02. The zero-order valence-electron chi connectivity index (χ0n) is 17.2. The minimum Gasteiger partial charge on any atom is -0.474 e. The third-order valence-corrected chi connectivity index (χ3v) is 6.39. The predicted octanol–water partition coefficient (Wildman–Crippen LogP) is 3.46. The average Bonchev–Trinajstić information content (AvgIpc) is 2.98. The number of H-pyrrole nitrogens is 1. The minimum atomic E-state index is 0.171. The monoisotopic (exact) mass is 424 g/mol. The van der Waals surface area contributed by atoms with Crippen molar-refractivity contribution in [2.45, 2.75) is 52.2 Å². The molecule has 0 aromatic carbocycles. The van der Waals surface area contributed by atoms with E-state index in [0.717, 1.165) is 58.6 Å². The molecule has 2 aromatic heterocycles. The first-order chi connectivity index (χ1) is 14.6. The van der Waals surface area contributed by atoms with Gasteiger partial charge in [0.05, 0.1) is 29.1 Å². The van der Waals surface area contributed by atoms with Crippen molar-refractivity contribution >= 4 is 29.1 Å². The molecule has 0 saturated heterocycles. The summed E-state index contributed by atoms with van der Waals surface area (Å²) in [7, 11) is 0. The van der Waals surface area contributed by atoms with Gasteiger partial charge in [-0.2, -0.15) is 15.2 Å². The molecule has 8 heteroatoms. The number of allylic oxidation sites excluding steroid dienone is 1. The summed E-state index contributed by atoms with van der Waals surface area (Å²) in [6.07, 6.45) is 8.02. The van der Waals surface area contributed by atoms with Gasteiger partial charge in [0.15, 0.2) is 0 Å². The van der Waals surface area contributed by atoms with Crippen molar-refractivity contribution in [3.8, 4) is 5.88 Å². The average molecular weight is 425 g/mol. The van der Waals surface area contributed by atoms with Gasteiger partial charge in [-0.3, -0.25) is 0 Å². The summed E-state index contributed by atoms with van der Waals surface area (Å²) in [4.78, 5) is 12.3. The van der Waals surface area contributed by atoms with Crippen molar-refractivity contribution in [1.29, 1.82) is 0 Å². The van der Waals surface area contributed by atoms with E-state index >= 15 is 0 Å². The van der Waals surface area contributed by atoms with Crippen molar-refractivity contribution in [1.82, 2.24) is 15.0 Å². The highest BCUT2D eigenvalue weighted by Crippen LogP contribution is 2.37. The number of nitrogens with zero attached hydrogens (tertiary/aromatic N) is 4. The van der Waals surface area contributed by atoms with Crippen LogP contribution in [0.1, 0.15) is 42.8 Å². The van der Waals surface area contributed by atoms with Gasteiger partial charge in [0.1, 0.15) is 11.9 Å². The summed E-state index contributed by atoms with van der Waals surface area (Å²) in [6, 6.07) is 1.91. The largest absolute Gasteiger partial charge is 0.474 e. The van der Waals surface area contributed by atoms with Crippen LogP contribution in [-0.4, -0.2) is 27.6 Å². The van der Waals surface area contributed by atoms with Gasteiger partial charge in [-0.1, -0.05) is 11.6 Å². The van der Waals surface area contributed by atoms with Crippen molar-refractivity contribution < 1.29 is 4.74 Å². The van der Waals surface area contributed by atoms with E-state index in [2.05, 4.69) is 36.6 Å². The molecule has 156 valence electrons. The van der Waals surface area contributed by atoms with Gasteiger partial charge in [-0.15, -0.1) is 0 Å². The van der Waals surface area contributed by atoms with Gasteiger partial charge in [0.2, 0.25) is 5.88 Å². The Balaban J connectivity index is 1.40. The van der Waals surface area contributed by atoms with Gasteiger partial charge >= 0.3 is 0 Å². The normalized spacial score (nSPS) is 22.9. The first kappa shape index (κ1) is 19.3. The van der Waals surface area contributed by atoms with Crippen LogP contribution in [0.3, 0.4) is 0 Å². The summed E-state index contributed by atoms with van der Waals surface area (Å²) in [5.74, 6) is 1.81. The van der Waals surface area contributed by atoms with Crippen molar-refractivity contribution in [3.05, 3.63) is 45.0 Å². The zero-order valence-corrected chi connectivity index (χ0v) is 18.0. The number of azo groups is 1. The van der Waals surface area contributed by atoms with Crippen LogP contribution in [0.4, 0.5) is 5.69 Å². The van der Waals surface area contributed by atoms with Crippen LogP contribution in [0.25, 0.3) is 11.8 Å². The fraction of sp³-hybridized carbons (Fsp3) is 0.455. The second kappa shape index (κ2) is 7.87. The number of hydrogen-bond donors (Lipinski definition) is 2. The van der Waals surface area contributed by atoms with E-state index in [1.807, 2.05) is 19.9 Å². The Bertz CT molecular complexity index is 1140. The van der Waals surface area contributed by atoms with Crippen LogP contribution in [-0.2, 0) is 6.54 Å². The Kier molecular flexibility index (Phi) is 5.06. The first-order valence-electron chi connectivity index (χ1n) is 10.5. The molecule has 0 radical (unpaired) electrons. The van der Waals surface area contributed by atoms with Crippen LogP contribution >= 0.6 is 11.6 Å². The molecule has 2 aromatic rings. The SMILES string of the molecule is Cc1cc(O[C@H]2CC[C@H](C3=c4[nH]c5c(c4NCC=C3Cl)CN=NC=5)CC2)nc(C)n1. The molecule has 0 amide bonds. The lowest BCUT2D eigenvalue weighted by atomic mass is 9.82. The van der Waals surface area contributed by atoms with E-state index in [1.165, 1.54) is 11.1 Å². The molecule has 0 spiro atoms.